The molecule has 0 radical (unpaired) electrons. The number of amides is 1. The van der Waals surface area contributed by atoms with Crippen molar-refractivity contribution in [1.82, 2.24) is 24.6 Å². The number of rotatable bonds is 7. The van der Waals surface area contributed by atoms with Crippen LogP contribution in [0.3, 0.4) is 0 Å². The van der Waals surface area contributed by atoms with Gasteiger partial charge in [-0.1, -0.05) is 41.9 Å². The van der Waals surface area contributed by atoms with E-state index in [1.807, 2.05) is 25.1 Å². The van der Waals surface area contributed by atoms with E-state index < -0.39 is 15.9 Å². The molecule has 0 unspecified atom stereocenters. The first-order valence-corrected chi connectivity index (χ1v) is 12.6. The Kier molecular flexibility index (Phi) is 6.78. The highest BCUT2D eigenvalue weighted by Gasteiger charge is 2.33. The van der Waals surface area contributed by atoms with E-state index in [0.717, 1.165) is 24.0 Å². The normalized spacial score (nSPS) is 17.5. The minimum atomic E-state index is -3.74. The SMILES string of the molecule is CCCn1nnc2cc(S(=O)(=O)N3CCC[C@@H](C(=O)NCc4ccccc4Cl)C3)ccc21. The number of piperidine rings is 1. The predicted octanol–water partition coefficient (Wildman–Crippen LogP) is 3.21. The van der Waals surface area contributed by atoms with Crippen LogP contribution < -0.4 is 5.32 Å². The zero-order valence-corrected chi connectivity index (χ0v) is 19.4. The minimum absolute atomic E-state index is 0.150. The van der Waals surface area contributed by atoms with Crippen LogP contribution in [0.15, 0.2) is 47.4 Å². The van der Waals surface area contributed by atoms with Crippen molar-refractivity contribution in [2.75, 3.05) is 13.1 Å². The lowest BCUT2D eigenvalue weighted by atomic mass is 9.99. The van der Waals surface area contributed by atoms with Crippen molar-refractivity contribution in [2.24, 2.45) is 5.92 Å². The number of hydrogen-bond acceptors (Lipinski definition) is 5. The Morgan fingerprint density at radius 2 is 2.06 bits per heavy atom. The van der Waals surface area contributed by atoms with Gasteiger partial charge in [-0.2, -0.15) is 4.31 Å². The highest BCUT2D eigenvalue weighted by Crippen LogP contribution is 2.26. The molecule has 1 aliphatic heterocycles. The van der Waals surface area contributed by atoms with Crippen molar-refractivity contribution in [1.29, 1.82) is 0 Å². The molecule has 1 amide bonds. The summed E-state index contributed by atoms with van der Waals surface area (Å²) in [5.74, 6) is -0.571. The molecule has 1 aromatic heterocycles. The molecule has 1 atom stereocenters. The zero-order valence-electron chi connectivity index (χ0n) is 17.9. The van der Waals surface area contributed by atoms with Crippen LogP contribution in [0.2, 0.25) is 5.02 Å². The molecule has 2 aromatic carbocycles. The number of aryl methyl sites for hydroxylation is 1. The average Bonchev–Trinajstić information content (AvgIpc) is 3.21. The molecular weight excluding hydrogens is 450 g/mol. The highest BCUT2D eigenvalue weighted by molar-refractivity contribution is 7.89. The van der Waals surface area contributed by atoms with Gasteiger partial charge in [0, 0.05) is 31.2 Å². The molecule has 170 valence electrons. The summed E-state index contributed by atoms with van der Waals surface area (Å²) < 4.78 is 29.7. The van der Waals surface area contributed by atoms with Crippen molar-refractivity contribution in [3.63, 3.8) is 0 Å². The van der Waals surface area contributed by atoms with Crippen LogP contribution in [0.25, 0.3) is 11.0 Å². The van der Waals surface area contributed by atoms with Gasteiger partial charge in [-0.05, 0) is 49.1 Å². The molecule has 3 aromatic rings. The Balaban J connectivity index is 1.46. The lowest BCUT2D eigenvalue weighted by molar-refractivity contribution is -0.126. The average molecular weight is 476 g/mol. The Bertz CT molecular complexity index is 1230. The van der Waals surface area contributed by atoms with Gasteiger partial charge in [0.2, 0.25) is 15.9 Å². The van der Waals surface area contributed by atoms with Crippen molar-refractivity contribution < 1.29 is 13.2 Å². The van der Waals surface area contributed by atoms with Gasteiger partial charge in [-0.15, -0.1) is 5.10 Å². The van der Waals surface area contributed by atoms with Crippen LogP contribution in [-0.2, 0) is 27.9 Å². The molecule has 32 heavy (non-hydrogen) atoms. The van der Waals surface area contributed by atoms with Crippen LogP contribution in [0, 0.1) is 5.92 Å². The number of halogens is 1. The first-order chi connectivity index (χ1) is 15.4. The maximum atomic E-state index is 13.3. The summed E-state index contributed by atoms with van der Waals surface area (Å²) in [6.07, 6.45) is 2.18. The second-order valence-electron chi connectivity index (χ2n) is 7.97. The molecule has 1 fully saturated rings. The largest absolute Gasteiger partial charge is 0.352 e. The first kappa shape index (κ1) is 22.7. The molecule has 1 aliphatic rings. The van der Waals surface area contributed by atoms with E-state index in [4.69, 9.17) is 11.6 Å². The summed E-state index contributed by atoms with van der Waals surface area (Å²) in [7, 11) is -3.74. The summed E-state index contributed by atoms with van der Waals surface area (Å²) >= 11 is 6.15. The van der Waals surface area contributed by atoms with E-state index >= 15 is 0 Å². The zero-order chi connectivity index (χ0) is 22.7. The standard InChI is InChI=1S/C22H26ClN5O3S/c1-2-11-28-21-10-9-18(13-20(21)25-26-28)32(30,31)27-12-5-7-17(15-27)22(29)24-14-16-6-3-4-8-19(16)23/h3-4,6,8-10,13,17H,2,5,7,11-12,14-15H2,1H3,(H,24,29)/t17-/m1/s1. The number of carbonyl (C=O) groups excluding carboxylic acids is 1. The molecule has 0 saturated carbocycles. The van der Waals surface area contributed by atoms with E-state index in [2.05, 4.69) is 15.6 Å². The van der Waals surface area contributed by atoms with Crippen molar-refractivity contribution in [2.45, 2.75) is 44.2 Å². The first-order valence-electron chi connectivity index (χ1n) is 10.7. The second-order valence-corrected chi connectivity index (χ2v) is 10.3. The molecule has 1 saturated heterocycles. The van der Waals surface area contributed by atoms with Crippen molar-refractivity contribution in [3.05, 3.63) is 53.1 Å². The predicted molar refractivity (Wildman–Crippen MR) is 123 cm³/mol. The number of hydrogen-bond donors (Lipinski definition) is 1. The Hall–Kier alpha value is -2.49. The monoisotopic (exact) mass is 475 g/mol. The van der Waals surface area contributed by atoms with Crippen LogP contribution in [-0.4, -0.2) is 46.7 Å². The molecule has 4 rings (SSSR count). The molecule has 2 heterocycles. The number of fused-ring (bicyclic) bond motifs is 1. The third-order valence-corrected chi connectivity index (χ3v) is 7.95. The summed E-state index contributed by atoms with van der Waals surface area (Å²) in [5.41, 5.74) is 2.18. The minimum Gasteiger partial charge on any atom is -0.352 e. The Morgan fingerprint density at radius 3 is 2.84 bits per heavy atom. The fourth-order valence-electron chi connectivity index (χ4n) is 3.98. The molecular formula is C22H26ClN5O3S. The van der Waals surface area contributed by atoms with Gasteiger partial charge in [-0.3, -0.25) is 4.79 Å². The number of sulfonamides is 1. The van der Waals surface area contributed by atoms with Gasteiger partial charge in [0.1, 0.15) is 5.52 Å². The van der Waals surface area contributed by atoms with Crippen LogP contribution in [0.1, 0.15) is 31.7 Å². The number of nitrogens with zero attached hydrogens (tertiary/aromatic N) is 4. The third kappa shape index (κ3) is 4.65. The summed E-state index contributed by atoms with van der Waals surface area (Å²) in [5, 5.41) is 11.7. The van der Waals surface area contributed by atoms with Crippen LogP contribution in [0.4, 0.5) is 0 Å². The maximum Gasteiger partial charge on any atom is 0.243 e. The second kappa shape index (κ2) is 9.56. The fraction of sp³-hybridized carbons (Fsp3) is 0.409. The van der Waals surface area contributed by atoms with Crippen LogP contribution >= 0.6 is 11.6 Å². The molecule has 10 heteroatoms. The lowest BCUT2D eigenvalue weighted by Crippen LogP contribution is -2.45. The number of aromatic nitrogens is 3. The summed E-state index contributed by atoms with van der Waals surface area (Å²) in [6, 6.07) is 12.2. The van der Waals surface area contributed by atoms with Crippen molar-refractivity contribution >= 4 is 38.6 Å². The van der Waals surface area contributed by atoms with E-state index in [1.54, 1.807) is 28.9 Å². The van der Waals surface area contributed by atoms with E-state index in [-0.39, 0.29) is 17.3 Å². The molecule has 1 N–H and O–H groups in total. The van der Waals surface area contributed by atoms with Gasteiger partial charge in [0.25, 0.3) is 0 Å². The summed E-state index contributed by atoms with van der Waals surface area (Å²) in [6.45, 7) is 3.61. The molecule has 8 nitrogen and oxygen atoms in total. The Labute approximate surface area is 192 Å². The third-order valence-electron chi connectivity index (χ3n) is 5.72. The number of benzene rings is 2. The van der Waals surface area contributed by atoms with E-state index in [1.165, 1.54) is 4.31 Å². The van der Waals surface area contributed by atoms with Gasteiger partial charge in [0.15, 0.2) is 0 Å². The quantitative estimate of drug-likeness (QED) is 0.566. The smallest absolute Gasteiger partial charge is 0.243 e. The highest BCUT2D eigenvalue weighted by atomic mass is 35.5. The van der Waals surface area contributed by atoms with E-state index in [9.17, 15) is 13.2 Å². The molecule has 0 bridgehead atoms. The van der Waals surface area contributed by atoms with Crippen LogP contribution in [0.5, 0.6) is 0 Å². The number of nitrogens with one attached hydrogen (secondary N) is 1. The van der Waals surface area contributed by atoms with Crippen molar-refractivity contribution in [3.8, 4) is 0 Å². The maximum absolute atomic E-state index is 13.3. The van der Waals surface area contributed by atoms with Gasteiger partial charge in [-0.25, -0.2) is 13.1 Å². The lowest BCUT2D eigenvalue weighted by Gasteiger charge is -2.31. The molecule has 0 spiro atoms. The number of carbonyl (C=O) groups is 1. The van der Waals surface area contributed by atoms with E-state index in [0.29, 0.717) is 36.5 Å². The summed E-state index contributed by atoms with van der Waals surface area (Å²) in [4.78, 5) is 12.9. The Morgan fingerprint density at radius 1 is 1.25 bits per heavy atom. The fourth-order valence-corrected chi connectivity index (χ4v) is 5.73. The van der Waals surface area contributed by atoms with Gasteiger partial charge in [0.05, 0.1) is 16.3 Å². The van der Waals surface area contributed by atoms with Gasteiger partial charge >= 0.3 is 0 Å². The van der Waals surface area contributed by atoms with Gasteiger partial charge < -0.3 is 5.32 Å². The molecule has 0 aliphatic carbocycles. The topological polar surface area (TPSA) is 97.2 Å².